The third-order valence-corrected chi connectivity index (χ3v) is 4.44. The molecule has 1 aliphatic rings. The lowest BCUT2D eigenvalue weighted by Gasteiger charge is -2.12. The monoisotopic (exact) mass is 374 g/mol. The Balaban J connectivity index is 2.33. The van der Waals surface area contributed by atoms with Crippen LogP contribution in [0.4, 0.5) is 0 Å². The van der Waals surface area contributed by atoms with Crippen LogP contribution < -0.4 is 0 Å². The van der Waals surface area contributed by atoms with Gasteiger partial charge in [0, 0.05) is 30.9 Å². The molecule has 0 saturated heterocycles. The third-order valence-electron chi connectivity index (χ3n) is 3.88. The Morgan fingerprint density at radius 3 is 2.48 bits per heavy atom. The van der Waals surface area contributed by atoms with E-state index in [1.54, 1.807) is 53.6 Å². The summed E-state index contributed by atoms with van der Waals surface area (Å²) in [5.74, 6) is -0.191. The molecule has 0 saturated carbocycles. The predicted molar refractivity (Wildman–Crippen MR) is 101 cm³/mol. The average molecular weight is 375 g/mol. The van der Waals surface area contributed by atoms with Crippen molar-refractivity contribution in [3.8, 4) is 0 Å². The number of hydroxylamine groups is 1. The van der Waals surface area contributed by atoms with E-state index < -0.39 is 0 Å². The highest BCUT2D eigenvalue weighted by Crippen LogP contribution is 2.28. The van der Waals surface area contributed by atoms with Crippen molar-refractivity contribution >= 4 is 34.7 Å². The number of ketones is 1. The van der Waals surface area contributed by atoms with E-state index in [1.165, 1.54) is 0 Å². The lowest BCUT2D eigenvalue weighted by Crippen LogP contribution is -2.20. The molecule has 0 fully saturated rings. The Morgan fingerprint density at radius 2 is 1.80 bits per heavy atom. The quantitative estimate of drug-likeness (QED) is 0.453. The van der Waals surface area contributed by atoms with Gasteiger partial charge in [0.25, 0.3) is 0 Å². The summed E-state index contributed by atoms with van der Waals surface area (Å²) >= 11 is 12.5. The van der Waals surface area contributed by atoms with Crippen LogP contribution in [-0.4, -0.2) is 41.8 Å². The minimum atomic E-state index is -0.191. The van der Waals surface area contributed by atoms with Crippen molar-refractivity contribution in [2.45, 2.75) is 0 Å². The van der Waals surface area contributed by atoms with Crippen LogP contribution in [0.25, 0.3) is 0 Å². The van der Waals surface area contributed by atoms with Crippen molar-refractivity contribution in [3.05, 3.63) is 86.2 Å². The standard InChI is InChI=1S/C19H16Cl2N2O2/c1-22(2)10-12-11-23(25)18(15-5-3-4-6-17(15)21)16-9-13(20)7-8-14(16)19(12)24/h3-10H,11H2,1-2H3/b12-10+. The molecule has 1 heterocycles. The molecule has 2 aromatic carbocycles. The minimum Gasteiger partial charge on any atom is -0.623 e. The van der Waals surface area contributed by atoms with Crippen molar-refractivity contribution in [1.82, 2.24) is 4.90 Å². The zero-order valence-corrected chi connectivity index (χ0v) is 15.3. The Morgan fingerprint density at radius 1 is 1.08 bits per heavy atom. The molecule has 0 atom stereocenters. The van der Waals surface area contributed by atoms with E-state index in [0.717, 1.165) is 4.74 Å². The van der Waals surface area contributed by atoms with E-state index in [2.05, 4.69) is 0 Å². The second kappa shape index (κ2) is 6.90. The molecule has 0 amide bonds. The Kier molecular flexibility index (Phi) is 4.84. The first-order chi connectivity index (χ1) is 11.9. The molecule has 0 N–H and O–H groups in total. The van der Waals surface area contributed by atoms with Crippen LogP contribution in [0.1, 0.15) is 21.5 Å². The van der Waals surface area contributed by atoms with E-state index in [4.69, 9.17) is 23.2 Å². The Bertz CT molecular complexity index is 917. The molecule has 4 nitrogen and oxygen atoms in total. The van der Waals surface area contributed by atoms with E-state index in [0.29, 0.717) is 38.0 Å². The maximum atomic E-state index is 12.9. The molecule has 128 valence electrons. The van der Waals surface area contributed by atoms with Crippen LogP contribution in [0.15, 0.2) is 54.2 Å². The van der Waals surface area contributed by atoms with Gasteiger partial charge in [-0.2, -0.15) is 4.74 Å². The number of nitrogens with zero attached hydrogens (tertiary/aromatic N) is 2. The molecule has 0 spiro atoms. The molecular formula is C19H16Cl2N2O2. The highest BCUT2D eigenvalue weighted by Gasteiger charge is 2.31. The van der Waals surface area contributed by atoms with E-state index >= 15 is 0 Å². The molecule has 1 aliphatic heterocycles. The molecule has 2 aromatic rings. The molecule has 0 aromatic heterocycles. The van der Waals surface area contributed by atoms with Gasteiger partial charge in [-0.15, -0.1) is 0 Å². The molecule has 0 unspecified atom stereocenters. The number of hydrogen-bond donors (Lipinski definition) is 0. The maximum absolute atomic E-state index is 12.9. The maximum Gasteiger partial charge on any atom is 0.228 e. The summed E-state index contributed by atoms with van der Waals surface area (Å²) in [6.07, 6.45) is 1.67. The lowest BCUT2D eigenvalue weighted by atomic mass is 9.94. The Hall–Kier alpha value is -2.30. The van der Waals surface area contributed by atoms with Crippen molar-refractivity contribution in [2.75, 3.05) is 20.6 Å². The first-order valence-corrected chi connectivity index (χ1v) is 8.42. The summed E-state index contributed by atoms with van der Waals surface area (Å²) < 4.78 is 0.802. The van der Waals surface area contributed by atoms with Crippen molar-refractivity contribution in [2.24, 2.45) is 0 Å². The fraction of sp³-hybridized carbons (Fsp3) is 0.158. The predicted octanol–water partition coefficient (Wildman–Crippen LogP) is 3.98. The molecule has 0 aliphatic carbocycles. The summed E-state index contributed by atoms with van der Waals surface area (Å²) in [7, 11) is 3.61. The van der Waals surface area contributed by atoms with Crippen molar-refractivity contribution in [1.29, 1.82) is 0 Å². The van der Waals surface area contributed by atoms with E-state index in [9.17, 15) is 10.0 Å². The summed E-state index contributed by atoms with van der Waals surface area (Å²) in [5, 5.41) is 13.8. The fourth-order valence-corrected chi connectivity index (χ4v) is 3.26. The minimum absolute atomic E-state index is 0.0656. The molecule has 25 heavy (non-hydrogen) atoms. The average Bonchev–Trinajstić information content (AvgIpc) is 2.64. The lowest BCUT2D eigenvalue weighted by molar-refractivity contribution is -0.446. The first-order valence-electron chi connectivity index (χ1n) is 7.66. The summed E-state index contributed by atoms with van der Waals surface area (Å²) in [6.45, 7) is -0.0656. The summed E-state index contributed by atoms with van der Waals surface area (Å²) in [6, 6.07) is 12.0. The molecule has 0 bridgehead atoms. The number of halogens is 2. The third kappa shape index (κ3) is 3.41. The summed E-state index contributed by atoms with van der Waals surface area (Å²) in [5.41, 5.74) is 2.25. The smallest absolute Gasteiger partial charge is 0.228 e. The first kappa shape index (κ1) is 17.5. The zero-order chi connectivity index (χ0) is 18.1. The molecule has 0 radical (unpaired) electrons. The van der Waals surface area contributed by atoms with Gasteiger partial charge in [0.15, 0.2) is 12.3 Å². The summed E-state index contributed by atoms with van der Waals surface area (Å²) in [4.78, 5) is 14.7. The Labute approximate surface area is 156 Å². The van der Waals surface area contributed by atoms with Gasteiger partial charge in [0.1, 0.15) is 0 Å². The number of Topliss-reactive ketones (excluding diaryl/α,β-unsaturated/α-hetero) is 1. The number of hydrogen-bond acceptors (Lipinski definition) is 3. The highest BCUT2D eigenvalue weighted by molar-refractivity contribution is 6.36. The van der Waals surface area contributed by atoms with Gasteiger partial charge in [0.2, 0.25) is 5.71 Å². The van der Waals surface area contributed by atoms with Gasteiger partial charge in [-0.25, -0.2) is 0 Å². The van der Waals surface area contributed by atoms with Crippen molar-refractivity contribution < 1.29 is 9.53 Å². The van der Waals surface area contributed by atoms with Gasteiger partial charge in [-0.05, 0) is 30.3 Å². The fourth-order valence-electron chi connectivity index (χ4n) is 2.87. The van der Waals surface area contributed by atoms with Crippen LogP contribution in [0.3, 0.4) is 0 Å². The zero-order valence-electron chi connectivity index (χ0n) is 13.8. The topological polar surface area (TPSA) is 46.4 Å². The number of carbonyl (C=O) groups excluding carboxylic acids is 1. The number of benzene rings is 2. The largest absolute Gasteiger partial charge is 0.623 e. The molecular weight excluding hydrogens is 359 g/mol. The van der Waals surface area contributed by atoms with E-state index in [-0.39, 0.29) is 12.3 Å². The van der Waals surface area contributed by atoms with Gasteiger partial charge in [-0.1, -0.05) is 35.3 Å². The van der Waals surface area contributed by atoms with Gasteiger partial charge < -0.3 is 10.1 Å². The normalized spacial score (nSPS) is 16.0. The number of carbonyl (C=O) groups is 1. The SMILES string of the molecule is CN(C)/C=C1\C[N+]([O-])=C(c2ccccc2Cl)c2cc(Cl)ccc2C1=O. The van der Waals surface area contributed by atoms with Gasteiger partial charge in [-0.3, -0.25) is 4.79 Å². The van der Waals surface area contributed by atoms with Crippen LogP contribution >= 0.6 is 23.2 Å². The van der Waals surface area contributed by atoms with Crippen LogP contribution in [0.5, 0.6) is 0 Å². The van der Waals surface area contributed by atoms with Gasteiger partial charge >= 0.3 is 0 Å². The second-order valence-corrected chi connectivity index (χ2v) is 6.85. The van der Waals surface area contributed by atoms with Crippen molar-refractivity contribution in [3.63, 3.8) is 0 Å². The molecule has 3 rings (SSSR count). The van der Waals surface area contributed by atoms with Crippen LogP contribution in [-0.2, 0) is 0 Å². The van der Waals surface area contributed by atoms with E-state index in [1.807, 2.05) is 14.1 Å². The van der Waals surface area contributed by atoms with Gasteiger partial charge in [0.05, 0.1) is 21.7 Å². The van der Waals surface area contributed by atoms with Crippen LogP contribution in [0.2, 0.25) is 10.0 Å². The molecule has 6 heteroatoms. The number of rotatable bonds is 2. The highest BCUT2D eigenvalue weighted by atomic mass is 35.5. The number of fused-ring (bicyclic) bond motifs is 1. The van der Waals surface area contributed by atoms with Crippen LogP contribution in [0, 0.1) is 5.21 Å². The second-order valence-electron chi connectivity index (χ2n) is 6.00.